The van der Waals surface area contributed by atoms with Gasteiger partial charge in [-0.15, -0.1) is 0 Å². The largest absolute Gasteiger partial charge is 0.507 e. The first-order valence-electron chi connectivity index (χ1n) is 7.06. The number of carbonyl (C=O) groups is 1. The van der Waals surface area contributed by atoms with Crippen LogP contribution in [0.25, 0.3) is 11.8 Å². The molecule has 0 radical (unpaired) electrons. The van der Waals surface area contributed by atoms with Gasteiger partial charge < -0.3 is 9.84 Å². The van der Waals surface area contributed by atoms with Crippen LogP contribution in [0.5, 0.6) is 5.75 Å². The molecule has 22 heavy (non-hydrogen) atoms. The van der Waals surface area contributed by atoms with E-state index in [0.29, 0.717) is 16.9 Å². The summed E-state index contributed by atoms with van der Waals surface area (Å²) < 4.78 is 5.37. The Bertz CT molecular complexity index is 813. The standard InChI is InChI=1S/C19H16O3/c1-12-7-8-16(13(2)9-12)18-11-15(19(21)22-18)10-14-5-3-4-6-17(14)20/h3-11,20H,1-2H3/b15-10+. The molecule has 3 heteroatoms. The Balaban J connectivity index is 2.00. The molecule has 1 aliphatic heterocycles. The number of phenolic OH excluding ortho intramolecular Hbond substituents is 1. The summed E-state index contributed by atoms with van der Waals surface area (Å²) in [5, 5.41) is 9.80. The van der Waals surface area contributed by atoms with Crippen molar-refractivity contribution in [3.63, 3.8) is 0 Å². The minimum absolute atomic E-state index is 0.135. The maximum Gasteiger partial charge on any atom is 0.343 e. The Kier molecular flexibility index (Phi) is 3.55. The number of aromatic hydroxyl groups is 1. The molecule has 0 atom stereocenters. The average molecular weight is 292 g/mol. The number of esters is 1. The molecule has 3 nitrogen and oxygen atoms in total. The number of aryl methyl sites for hydroxylation is 2. The fraction of sp³-hybridized carbons (Fsp3) is 0.105. The van der Waals surface area contributed by atoms with Crippen molar-refractivity contribution in [2.45, 2.75) is 13.8 Å². The molecule has 2 aromatic rings. The molecule has 2 aromatic carbocycles. The summed E-state index contributed by atoms with van der Waals surface area (Å²) in [6.07, 6.45) is 3.35. The van der Waals surface area contributed by atoms with E-state index < -0.39 is 5.97 Å². The number of rotatable bonds is 2. The van der Waals surface area contributed by atoms with Crippen molar-refractivity contribution in [3.05, 3.63) is 76.4 Å². The smallest absolute Gasteiger partial charge is 0.343 e. The van der Waals surface area contributed by atoms with Crippen LogP contribution in [0.2, 0.25) is 0 Å². The van der Waals surface area contributed by atoms with E-state index in [-0.39, 0.29) is 5.75 Å². The van der Waals surface area contributed by atoms with Crippen LogP contribution >= 0.6 is 0 Å². The summed E-state index contributed by atoms with van der Waals surface area (Å²) in [6, 6.07) is 12.9. The number of hydrogen-bond acceptors (Lipinski definition) is 3. The van der Waals surface area contributed by atoms with Crippen LogP contribution in [0.15, 0.2) is 54.1 Å². The lowest BCUT2D eigenvalue weighted by molar-refractivity contribution is -0.130. The van der Waals surface area contributed by atoms with Crippen LogP contribution in [0.1, 0.15) is 22.3 Å². The Labute approximate surface area is 129 Å². The topological polar surface area (TPSA) is 46.5 Å². The molecule has 1 heterocycles. The van der Waals surface area contributed by atoms with E-state index in [4.69, 9.17) is 4.74 Å². The zero-order valence-electron chi connectivity index (χ0n) is 12.5. The predicted octanol–water partition coefficient (Wildman–Crippen LogP) is 3.99. The second-order valence-electron chi connectivity index (χ2n) is 5.37. The molecule has 0 unspecified atom stereocenters. The van der Waals surface area contributed by atoms with Crippen LogP contribution in [-0.4, -0.2) is 11.1 Å². The van der Waals surface area contributed by atoms with Crippen LogP contribution in [-0.2, 0) is 9.53 Å². The van der Waals surface area contributed by atoms with E-state index in [1.54, 1.807) is 36.4 Å². The molecule has 0 fully saturated rings. The minimum atomic E-state index is -0.404. The van der Waals surface area contributed by atoms with Gasteiger partial charge in [0, 0.05) is 11.1 Å². The maximum absolute atomic E-state index is 12.0. The summed E-state index contributed by atoms with van der Waals surface area (Å²) >= 11 is 0. The summed E-state index contributed by atoms with van der Waals surface area (Å²) in [5.74, 6) is 0.276. The van der Waals surface area contributed by atoms with Gasteiger partial charge in [0.1, 0.15) is 11.5 Å². The number of ether oxygens (including phenoxy) is 1. The molecule has 0 bridgehead atoms. The van der Waals surface area contributed by atoms with Gasteiger partial charge in [0.15, 0.2) is 0 Å². The lowest BCUT2D eigenvalue weighted by Crippen LogP contribution is -1.98. The Hall–Kier alpha value is -2.81. The van der Waals surface area contributed by atoms with Gasteiger partial charge in [-0.3, -0.25) is 0 Å². The van der Waals surface area contributed by atoms with Crippen molar-refractivity contribution in [2.75, 3.05) is 0 Å². The zero-order chi connectivity index (χ0) is 15.7. The van der Waals surface area contributed by atoms with E-state index in [1.165, 1.54) is 0 Å². The number of cyclic esters (lactones) is 1. The maximum atomic E-state index is 12.0. The van der Waals surface area contributed by atoms with Gasteiger partial charge in [-0.1, -0.05) is 42.0 Å². The first kappa shape index (κ1) is 14.1. The molecule has 1 N–H and O–H groups in total. The van der Waals surface area contributed by atoms with Crippen molar-refractivity contribution in [1.29, 1.82) is 0 Å². The highest BCUT2D eigenvalue weighted by atomic mass is 16.5. The molecular formula is C19H16O3. The van der Waals surface area contributed by atoms with Crippen LogP contribution < -0.4 is 0 Å². The molecule has 0 aromatic heterocycles. The third-order valence-electron chi connectivity index (χ3n) is 3.62. The van der Waals surface area contributed by atoms with Gasteiger partial charge >= 0.3 is 5.97 Å². The number of carbonyl (C=O) groups excluding carboxylic acids is 1. The first-order chi connectivity index (χ1) is 10.5. The van der Waals surface area contributed by atoms with E-state index in [9.17, 15) is 9.90 Å². The molecule has 110 valence electrons. The number of hydrogen-bond donors (Lipinski definition) is 1. The third kappa shape index (κ3) is 2.66. The van der Waals surface area contributed by atoms with E-state index >= 15 is 0 Å². The summed E-state index contributed by atoms with van der Waals surface area (Å²) in [7, 11) is 0. The summed E-state index contributed by atoms with van der Waals surface area (Å²) in [6.45, 7) is 4.01. The molecule has 0 aliphatic carbocycles. The Morgan fingerprint density at radius 2 is 1.86 bits per heavy atom. The summed E-state index contributed by atoms with van der Waals surface area (Å²) in [5.41, 5.74) is 4.14. The Morgan fingerprint density at radius 1 is 1.09 bits per heavy atom. The van der Waals surface area contributed by atoms with Crippen molar-refractivity contribution in [3.8, 4) is 5.75 Å². The van der Waals surface area contributed by atoms with Gasteiger partial charge in [-0.2, -0.15) is 0 Å². The van der Waals surface area contributed by atoms with Crippen molar-refractivity contribution in [1.82, 2.24) is 0 Å². The average Bonchev–Trinajstić information content (AvgIpc) is 2.82. The van der Waals surface area contributed by atoms with Gasteiger partial charge in [-0.25, -0.2) is 4.79 Å². The van der Waals surface area contributed by atoms with Crippen molar-refractivity contribution < 1.29 is 14.6 Å². The Morgan fingerprint density at radius 3 is 2.59 bits per heavy atom. The summed E-state index contributed by atoms with van der Waals surface area (Å²) in [4.78, 5) is 12.0. The molecule has 0 spiro atoms. The van der Waals surface area contributed by atoms with Gasteiger partial charge in [-0.05, 0) is 37.6 Å². The van der Waals surface area contributed by atoms with E-state index in [0.717, 1.165) is 16.7 Å². The monoisotopic (exact) mass is 292 g/mol. The van der Waals surface area contributed by atoms with Crippen LogP contribution in [0.4, 0.5) is 0 Å². The molecule has 0 amide bonds. The van der Waals surface area contributed by atoms with Crippen LogP contribution in [0.3, 0.4) is 0 Å². The molecule has 3 rings (SSSR count). The van der Waals surface area contributed by atoms with Gasteiger partial charge in [0.05, 0.1) is 5.57 Å². The second-order valence-corrected chi connectivity index (χ2v) is 5.37. The molecule has 1 aliphatic rings. The fourth-order valence-corrected chi connectivity index (χ4v) is 2.49. The lowest BCUT2D eigenvalue weighted by Gasteiger charge is -2.06. The molecule has 0 saturated heterocycles. The van der Waals surface area contributed by atoms with Crippen molar-refractivity contribution >= 4 is 17.8 Å². The van der Waals surface area contributed by atoms with Gasteiger partial charge in [0.2, 0.25) is 0 Å². The SMILES string of the molecule is Cc1ccc(C2=C/C(=C\c3ccccc3O)C(=O)O2)c(C)c1. The highest BCUT2D eigenvalue weighted by Gasteiger charge is 2.23. The number of phenols is 1. The second kappa shape index (κ2) is 5.53. The van der Waals surface area contributed by atoms with Gasteiger partial charge in [0.25, 0.3) is 0 Å². The molecule has 0 saturated carbocycles. The van der Waals surface area contributed by atoms with Crippen molar-refractivity contribution in [2.24, 2.45) is 0 Å². The molecular weight excluding hydrogens is 276 g/mol. The lowest BCUT2D eigenvalue weighted by atomic mass is 10.0. The zero-order valence-corrected chi connectivity index (χ0v) is 12.5. The predicted molar refractivity (Wildman–Crippen MR) is 86.1 cm³/mol. The highest BCUT2D eigenvalue weighted by Crippen LogP contribution is 2.30. The third-order valence-corrected chi connectivity index (χ3v) is 3.62. The quantitative estimate of drug-likeness (QED) is 0.672. The normalized spacial score (nSPS) is 15.8. The minimum Gasteiger partial charge on any atom is -0.507 e. The van der Waals surface area contributed by atoms with E-state index in [2.05, 4.69) is 6.07 Å². The van der Waals surface area contributed by atoms with Crippen LogP contribution in [0, 0.1) is 13.8 Å². The highest BCUT2D eigenvalue weighted by molar-refractivity contribution is 6.05. The first-order valence-corrected chi connectivity index (χ1v) is 7.06. The fourth-order valence-electron chi connectivity index (χ4n) is 2.49. The number of para-hydroxylation sites is 1. The van der Waals surface area contributed by atoms with E-state index in [1.807, 2.05) is 26.0 Å². The number of benzene rings is 2.